The number of hydrogen-bond acceptors (Lipinski definition) is 3. The van der Waals surface area contributed by atoms with Crippen molar-refractivity contribution in [3.8, 4) is 0 Å². The first kappa shape index (κ1) is 6.89. The van der Waals surface area contributed by atoms with Gasteiger partial charge in [0.2, 0.25) is 0 Å². The van der Waals surface area contributed by atoms with Gasteiger partial charge in [-0.25, -0.2) is 9.97 Å². The zero-order valence-electron chi connectivity index (χ0n) is 5.49. The summed E-state index contributed by atoms with van der Waals surface area (Å²) in [6, 6.07) is 0. The molecule has 10 heavy (non-hydrogen) atoms. The van der Waals surface area contributed by atoms with Gasteiger partial charge in [-0.2, -0.15) is 0 Å². The molecule has 3 nitrogen and oxygen atoms in total. The molecule has 0 aromatic carbocycles. The Morgan fingerprint density at radius 3 is 2.50 bits per heavy atom. The molecular weight excluding hydrogens is 128 g/mol. The van der Waals surface area contributed by atoms with Gasteiger partial charge in [0, 0.05) is 18.0 Å². The first-order valence-electron chi connectivity index (χ1n) is 2.91. The maximum atomic E-state index is 8.55. The standard InChI is InChI=1S/C7H8N2O/c1-2-6-3-8-7(5-10)9-4-6/h2-4,10H,1,5H2. The number of aromatic nitrogens is 2. The Bertz CT molecular complexity index is 218. The molecular formula is C7H8N2O. The van der Waals surface area contributed by atoms with Crippen molar-refractivity contribution in [2.45, 2.75) is 6.61 Å². The Balaban J connectivity index is 2.90. The van der Waals surface area contributed by atoms with Gasteiger partial charge in [-0.05, 0) is 0 Å². The summed E-state index contributed by atoms with van der Waals surface area (Å²) in [5, 5.41) is 8.55. The van der Waals surface area contributed by atoms with Gasteiger partial charge in [-0.15, -0.1) is 0 Å². The van der Waals surface area contributed by atoms with E-state index in [0.29, 0.717) is 5.82 Å². The monoisotopic (exact) mass is 136 g/mol. The van der Waals surface area contributed by atoms with Crippen LogP contribution in [0.5, 0.6) is 0 Å². The van der Waals surface area contributed by atoms with Crippen molar-refractivity contribution in [2.75, 3.05) is 0 Å². The summed E-state index contributed by atoms with van der Waals surface area (Å²) in [7, 11) is 0. The van der Waals surface area contributed by atoms with Gasteiger partial charge in [0.15, 0.2) is 5.82 Å². The van der Waals surface area contributed by atoms with E-state index < -0.39 is 0 Å². The Morgan fingerprint density at radius 1 is 1.50 bits per heavy atom. The number of hydrogen-bond donors (Lipinski definition) is 1. The van der Waals surface area contributed by atoms with E-state index in [9.17, 15) is 0 Å². The molecule has 1 aromatic rings. The quantitative estimate of drug-likeness (QED) is 0.648. The van der Waals surface area contributed by atoms with Crippen molar-refractivity contribution in [2.24, 2.45) is 0 Å². The zero-order chi connectivity index (χ0) is 7.40. The molecule has 0 spiro atoms. The highest BCUT2D eigenvalue weighted by atomic mass is 16.3. The van der Waals surface area contributed by atoms with E-state index in [2.05, 4.69) is 16.5 Å². The van der Waals surface area contributed by atoms with Crippen molar-refractivity contribution >= 4 is 6.08 Å². The molecule has 0 fully saturated rings. The largest absolute Gasteiger partial charge is 0.388 e. The van der Waals surface area contributed by atoms with Crippen molar-refractivity contribution in [3.05, 3.63) is 30.4 Å². The number of aliphatic hydroxyl groups is 1. The van der Waals surface area contributed by atoms with Crippen molar-refractivity contribution in [3.63, 3.8) is 0 Å². The lowest BCUT2D eigenvalue weighted by atomic mass is 10.3. The van der Waals surface area contributed by atoms with E-state index >= 15 is 0 Å². The van der Waals surface area contributed by atoms with E-state index in [1.165, 1.54) is 0 Å². The summed E-state index contributed by atoms with van der Waals surface area (Å²) in [5.41, 5.74) is 0.859. The second kappa shape index (κ2) is 3.08. The lowest BCUT2D eigenvalue weighted by Crippen LogP contribution is -1.92. The van der Waals surface area contributed by atoms with Gasteiger partial charge < -0.3 is 5.11 Å². The zero-order valence-corrected chi connectivity index (χ0v) is 5.49. The summed E-state index contributed by atoms with van der Waals surface area (Å²) >= 11 is 0. The van der Waals surface area contributed by atoms with E-state index in [-0.39, 0.29) is 6.61 Å². The summed E-state index contributed by atoms with van der Waals surface area (Å²) in [6.07, 6.45) is 4.89. The minimum Gasteiger partial charge on any atom is -0.388 e. The van der Waals surface area contributed by atoms with Crippen LogP contribution in [0.4, 0.5) is 0 Å². The molecule has 0 unspecified atom stereocenters. The van der Waals surface area contributed by atoms with E-state index in [1.807, 2.05) is 0 Å². The third-order valence-corrected chi connectivity index (χ3v) is 1.10. The molecule has 0 atom stereocenters. The lowest BCUT2D eigenvalue weighted by molar-refractivity contribution is 0.271. The second-order valence-electron chi connectivity index (χ2n) is 1.79. The topological polar surface area (TPSA) is 46.0 Å². The van der Waals surface area contributed by atoms with E-state index in [4.69, 9.17) is 5.11 Å². The highest BCUT2D eigenvalue weighted by Crippen LogP contribution is 1.96. The molecule has 0 saturated heterocycles. The van der Waals surface area contributed by atoms with E-state index in [0.717, 1.165) is 5.56 Å². The Labute approximate surface area is 59.1 Å². The third-order valence-electron chi connectivity index (χ3n) is 1.10. The molecule has 1 N–H and O–H groups in total. The smallest absolute Gasteiger partial charge is 0.153 e. The average Bonchev–Trinajstić information content (AvgIpc) is 2.05. The normalized spacial score (nSPS) is 9.30. The molecule has 0 aliphatic carbocycles. The molecule has 0 radical (unpaired) electrons. The van der Waals surface area contributed by atoms with Crippen LogP contribution in [0.3, 0.4) is 0 Å². The van der Waals surface area contributed by atoms with Crippen LogP contribution in [0.1, 0.15) is 11.4 Å². The average molecular weight is 136 g/mol. The number of nitrogens with zero attached hydrogens (tertiary/aromatic N) is 2. The van der Waals surface area contributed by atoms with Gasteiger partial charge in [-0.1, -0.05) is 12.7 Å². The summed E-state index contributed by atoms with van der Waals surface area (Å²) < 4.78 is 0. The first-order chi connectivity index (χ1) is 4.86. The van der Waals surface area contributed by atoms with E-state index in [1.54, 1.807) is 18.5 Å². The van der Waals surface area contributed by atoms with Crippen LogP contribution in [0.2, 0.25) is 0 Å². The van der Waals surface area contributed by atoms with Gasteiger partial charge in [-0.3, -0.25) is 0 Å². The molecule has 1 aromatic heterocycles. The molecule has 0 saturated carbocycles. The van der Waals surface area contributed by atoms with Crippen LogP contribution in [-0.4, -0.2) is 15.1 Å². The fourth-order valence-electron chi connectivity index (χ4n) is 0.552. The predicted octanol–water partition coefficient (Wildman–Crippen LogP) is 0.612. The second-order valence-corrected chi connectivity index (χ2v) is 1.79. The summed E-state index contributed by atoms with van der Waals surface area (Å²) in [6.45, 7) is 3.43. The van der Waals surface area contributed by atoms with Gasteiger partial charge in [0.25, 0.3) is 0 Å². The highest BCUT2D eigenvalue weighted by Gasteiger charge is 1.90. The molecule has 0 bridgehead atoms. The van der Waals surface area contributed by atoms with Crippen molar-refractivity contribution in [1.82, 2.24) is 9.97 Å². The molecule has 1 rings (SSSR count). The predicted molar refractivity (Wildman–Crippen MR) is 38.0 cm³/mol. The van der Waals surface area contributed by atoms with Crippen LogP contribution in [0.25, 0.3) is 6.08 Å². The molecule has 0 aliphatic rings. The van der Waals surface area contributed by atoms with Crippen LogP contribution in [0, 0.1) is 0 Å². The van der Waals surface area contributed by atoms with Crippen LogP contribution >= 0.6 is 0 Å². The van der Waals surface area contributed by atoms with Crippen LogP contribution in [-0.2, 0) is 6.61 Å². The summed E-state index contributed by atoms with van der Waals surface area (Å²) in [5.74, 6) is 0.436. The first-order valence-corrected chi connectivity index (χ1v) is 2.91. The van der Waals surface area contributed by atoms with Crippen molar-refractivity contribution < 1.29 is 5.11 Å². The maximum absolute atomic E-state index is 8.55. The van der Waals surface area contributed by atoms with Gasteiger partial charge in [0.1, 0.15) is 6.61 Å². The Hall–Kier alpha value is -1.22. The fourth-order valence-corrected chi connectivity index (χ4v) is 0.552. The number of aliphatic hydroxyl groups excluding tert-OH is 1. The SMILES string of the molecule is C=Cc1cnc(CO)nc1. The Morgan fingerprint density at radius 2 is 2.10 bits per heavy atom. The lowest BCUT2D eigenvalue weighted by Gasteiger charge is -1.93. The van der Waals surface area contributed by atoms with Crippen molar-refractivity contribution in [1.29, 1.82) is 0 Å². The van der Waals surface area contributed by atoms with Crippen LogP contribution < -0.4 is 0 Å². The van der Waals surface area contributed by atoms with Gasteiger partial charge in [0.05, 0.1) is 0 Å². The minimum absolute atomic E-state index is 0.114. The maximum Gasteiger partial charge on any atom is 0.153 e. The van der Waals surface area contributed by atoms with Crippen LogP contribution in [0.15, 0.2) is 19.0 Å². The fraction of sp³-hybridized carbons (Fsp3) is 0.143. The molecule has 1 heterocycles. The molecule has 52 valence electrons. The third kappa shape index (κ3) is 1.39. The summed E-state index contributed by atoms with van der Waals surface area (Å²) in [4.78, 5) is 7.67. The highest BCUT2D eigenvalue weighted by molar-refractivity contribution is 5.43. The molecule has 0 aliphatic heterocycles. The van der Waals surface area contributed by atoms with Gasteiger partial charge >= 0.3 is 0 Å². The molecule has 0 amide bonds. The molecule has 3 heteroatoms. The Kier molecular flexibility index (Phi) is 2.12. The minimum atomic E-state index is -0.114. The number of rotatable bonds is 2.